The van der Waals surface area contributed by atoms with Gasteiger partial charge in [0, 0.05) is 62.1 Å². The lowest BCUT2D eigenvalue weighted by molar-refractivity contribution is 0.0527. The molecule has 264 valence electrons. The Morgan fingerprint density at radius 2 is 1.47 bits per heavy atom. The molecule has 1 aliphatic rings. The van der Waals surface area contributed by atoms with Crippen LogP contribution in [0.1, 0.15) is 59.3 Å². The fourth-order valence-electron chi connectivity index (χ4n) is 6.32. The third-order valence-electron chi connectivity index (χ3n) is 8.88. The van der Waals surface area contributed by atoms with Crippen LogP contribution in [0.5, 0.6) is 0 Å². The number of anilines is 3. The summed E-state index contributed by atoms with van der Waals surface area (Å²) in [6.07, 6.45) is 5.21. The predicted molar refractivity (Wildman–Crippen MR) is 199 cm³/mol. The average Bonchev–Trinajstić information content (AvgIpc) is 3.07. The number of aromatic nitrogens is 2. The zero-order valence-corrected chi connectivity index (χ0v) is 30.2. The molecule has 0 radical (unpaired) electrons. The molecule has 12 heteroatoms. The maximum absolute atomic E-state index is 13.4. The summed E-state index contributed by atoms with van der Waals surface area (Å²) in [5.74, 6) is 2.13. The Hall–Kier alpha value is -4.16. The van der Waals surface area contributed by atoms with Crippen molar-refractivity contribution >= 4 is 55.2 Å². The van der Waals surface area contributed by atoms with E-state index in [0.717, 1.165) is 78.3 Å². The molecule has 49 heavy (non-hydrogen) atoms. The van der Waals surface area contributed by atoms with Crippen LogP contribution >= 0.6 is 0 Å². The van der Waals surface area contributed by atoms with Crippen LogP contribution in [0.25, 0.3) is 21.7 Å². The third-order valence-corrected chi connectivity index (χ3v) is 10.4. The molecule has 1 fully saturated rings. The molecule has 0 spiro atoms. The van der Waals surface area contributed by atoms with Gasteiger partial charge in [0.05, 0.1) is 10.4 Å². The van der Waals surface area contributed by atoms with Gasteiger partial charge in [-0.05, 0) is 95.4 Å². The van der Waals surface area contributed by atoms with Gasteiger partial charge in [-0.1, -0.05) is 36.4 Å². The first-order chi connectivity index (χ1) is 23.4. The Morgan fingerprint density at radius 1 is 0.816 bits per heavy atom. The van der Waals surface area contributed by atoms with Crippen molar-refractivity contribution < 1.29 is 17.9 Å². The molecule has 5 rings (SSSR count). The number of hydrogen-bond acceptors (Lipinski definition) is 9. The van der Waals surface area contributed by atoms with E-state index in [1.54, 1.807) is 6.07 Å². The molecule has 0 bridgehead atoms. The number of amides is 1. The first-order valence-corrected chi connectivity index (χ1v) is 18.8. The number of para-hydroxylation sites is 1. The Bertz CT molecular complexity index is 1830. The largest absolute Gasteiger partial charge is 0.444 e. The lowest BCUT2D eigenvalue weighted by Gasteiger charge is -2.29. The van der Waals surface area contributed by atoms with E-state index in [2.05, 4.69) is 20.7 Å². The highest BCUT2D eigenvalue weighted by atomic mass is 32.2. The number of nitrogens with zero attached hydrogens (tertiary/aromatic N) is 3. The van der Waals surface area contributed by atoms with E-state index < -0.39 is 21.7 Å². The van der Waals surface area contributed by atoms with E-state index in [9.17, 15) is 13.2 Å². The molecule has 1 aliphatic carbocycles. The number of benzene rings is 3. The van der Waals surface area contributed by atoms with Crippen molar-refractivity contribution in [1.29, 1.82) is 0 Å². The Balaban J connectivity index is 1.09. The van der Waals surface area contributed by atoms with E-state index in [1.165, 1.54) is 0 Å². The van der Waals surface area contributed by atoms with Crippen LogP contribution < -0.4 is 25.6 Å². The van der Waals surface area contributed by atoms with Gasteiger partial charge in [0.1, 0.15) is 11.4 Å². The van der Waals surface area contributed by atoms with Gasteiger partial charge in [-0.3, -0.25) is 0 Å². The molecule has 0 atom stereocenters. The number of alkyl carbamates (subject to hydrolysis) is 1. The highest BCUT2D eigenvalue weighted by Crippen LogP contribution is 2.32. The van der Waals surface area contributed by atoms with Gasteiger partial charge in [-0.25, -0.2) is 22.9 Å². The van der Waals surface area contributed by atoms with Crippen molar-refractivity contribution in [2.45, 2.75) is 69.8 Å². The summed E-state index contributed by atoms with van der Waals surface area (Å²) in [6, 6.07) is 19.2. The predicted octanol–water partition coefficient (Wildman–Crippen LogP) is 6.76. The van der Waals surface area contributed by atoms with Gasteiger partial charge in [-0.2, -0.15) is 4.98 Å². The molecule has 1 saturated carbocycles. The number of sulfonamides is 1. The van der Waals surface area contributed by atoms with Crippen molar-refractivity contribution in [3.63, 3.8) is 0 Å². The molecule has 3 aromatic carbocycles. The normalized spacial score (nSPS) is 16.8. The molecular weight excluding hydrogens is 639 g/mol. The van der Waals surface area contributed by atoms with Crippen LogP contribution in [0.15, 0.2) is 65.6 Å². The molecular formula is C37H51N7O4S. The van der Waals surface area contributed by atoms with E-state index in [-0.39, 0.29) is 0 Å². The van der Waals surface area contributed by atoms with Crippen molar-refractivity contribution in [1.82, 2.24) is 20.0 Å². The smallest absolute Gasteiger partial charge is 0.407 e. The molecule has 1 heterocycles. The minimum atomic E-state index is -3.66. The highest BCUT2D eigenvalue weighted by molar-refractivity contribution is 7.89. The lowest BCUT2D eigenvalue weighted by Crippen LogP contribution is -2.33. The number of fused-ring (bicyclic) bond motifs is 2. The van der Waals surface area contributed by atoms with Gasteiger partial charge in [-0.15, -0.1) is 0 Å². The van der Waals surface area contributed by atoms with Gasteiger partial charge < -0.3 is 25.6 Å². The van der Waals surface area contributed by atoms with Crippen LogP contribution in [0.2, 0.25) is 0 Å². The van der Waals surface area contributed by atoms with Gasteiger partial charge in [0.15, 0.2) is 0 Å². The Labute approximate surface area is 290 Å². The number of carbonyl (C=O) groups is 1. The first kappa shape index (κ1) is 36.1. The van der Waals surface area contributed by atoms with E-state index in [4.69, 9.17) is 14.7 Å². The minimum absolute atomic E-state index is 0.297. The maximum Gasteiger partial charge on any atom is 0.407 e. The van der Waals surface area contributed by atoms with E-state index in [0.29, 0.717) is 42.3 Å². The van der Waals surface area contributed by atoms with Crippen molar-refractivity contribution in [3.05, 3.63) is 60.7 Å². The molecule has 4 N–H and O–H groups in total. The van der Waals surface area contributed by atoms with Crippen LogP contribution in [-0.2, 0) is 14.8 Å². The van der Waals surface area contributed by atoms with Crippen molar-refractivity contribution in [2.75, 3.05) is 55.8 Å². The number of nitrogens with one attached hydrogen (secondary N) is 4. The molecule has 1 aromatic heterocycles. The van der Waals surface area contributed by atoms with Crippen LogP contribution in [0.4, 0.5) is 22.2 Å². The van der Waals surface area contributed by atoms with Gasteiger partial charge in [0.25, 0.3) is 0 Å². The number of carbonyl (C=O) groups excluding carboxylic acids is 1. The number of ether oxygens (including phenoxy) is 1. The van der Waals surface area contributed by atoms with E-state index >= 15 is 0 Å². The summed E-state index contributed by atoms with van der Waals surface area (Å²) < 4.78 is 35.0. The molecule has 11 nitrogen and oxygen atoms in total. The second-order valence-corrected chi connectivity index (χ2v) is 15.9. The number of hydrogen-bond donors (Lipinski definition) is 4. The zero-order valence-electron chi connectivity index (χ0n) is 29.4. The Morgan fingerprint density at radius 3 is 2.20 bits per heavy atom. The molecule has 1 amide bonds. The summed E-state index contributed by atoms with van der Waals surface area (Å²) in [5.41, 5.74) is 1.35. The van der Waals surface area contributed by atoms with Crippen LogP contribution in [0, 0.1) is 11.8 Å². The molecule has 0 saturated heterocycles. The number of rotatable bonds is 14. The van der Waals surface area contributed by atoms with Gasteiger partial charge in [0.2, 0.25) is 16.0 Å². The summed E-state index contributed by atoms with van der Waals surface area (Å²) in [7, 11) is 0.268. The SMILES string of the molecule is CN(C)c1cccc2c(S(=O)(=O)NCC3CCC(CNc4nc(NCCCCNC(=O)OC(C)(C)C)c5ccccc5n4)CC3)cccc12. The monoisotopic (exact) mass is 689 g/mol. The minimum Gasteiger partial charge on any atom is -0.444 e. The maximum atomic E-state index is 13.4. The fraction of sp³-hybridized carbons (Fsp3) is 0.486. The second-order valence-electron chi connectivity index (χ2n) is 14.1. The lowest BCUT2D eigenvalue weighted by atomic mass is 9.82. The van der Waals surface area contributed by atoms with Crippen LogP contribution in [0.3, 0.4) is 0 Å². The molecule has 0 aliphatic heterocycles. The topological polar surface area (TPSA) is 138 Å². The van der Waals surface area contributed by atoms with Crippen molar-refractivity contribution in [2.24, 2.45) is 11.8 Å². The summed E-state index contributed by atoms with van der Waals surface area (Å²) in [6.45, 7) is 8.00. The summed E-state index contributed by atoms with van der Waals surface area (Å²) in [4.78, 5) is 23.8. The third kappa shape index (κ3) is 9.95. The van der Waals surface area contributed by atoms with Gasteiger partial charge >= 0.3 is 6.09 Å². The number of unbranched alkanes of at least 4 members (excludes halogenated alkanes) is 1. The molecule has 4 aromatic rings. The summed E-state index contributed by atoms with van der Waals surface area (Å²) >= 11 is 0. The second kappa shape index (κ2) is 16.0. The Kier molecular flexibility index (Phi) is 11.8. The highest BCUT2D eigenvalue weighted by Gasteiger charge is 2.25. The first-order valence-electron chi connectivity index (χ1n) is 17.3. The van der Waals surface area contributed by atoms with Crippen molar-refractivity contribution in [3.8, 4) is 0 Å². The van der Waals surface area contributed by atoms with E-state index in [1.807, 2.05) is 94.4 Å². The molecule has 0 unspecified atom stereocenters. The fourth-order valence-corrected chi connectivity index (χ4v) is 7.66. The quantitative estimate of drug-likeness (QED) is 0.106. The van der Waals surface area contributed by atoms with Crippen LogP contribution in [-0.4, -0.2) is 70.4 Å². The zero-order chi connectivity index (χ0) is 35.0. The summed E-state index contributed by atoms with van der Waals surface area (Å²) in [5, 5.41) is 12.4. The standard InChI is InChI=1S/C37H51N7O4S/c1-37(2,3)48-36(45)39-23-9-8-22-38-34-30-12-6-7-15-31(30)42-35(43-34)40-24-26-18-20-27(21-19-26)25-41-49(46,47)33-17-11-13-28-29(33)14-10-16-32(28)44(4)5/h6-7,10-17,26-27,41H,8-9,18-25H2,1-5H3,(H,39,45)(H2,38,40,42,43). The average molecular weight is 690 g/mol.